The van der Waals surface area contributed by atoms with Crippen molar-refractivity contribution in [2.75, 3.05) is 6.61 Å². The van der Waals surface area contributed by atoms with Crippen molar-refractivity contribution >= 4 is 5.78 Å². The minimum Gasteiger partial charge on any atom is -0.394 e. The summed E-state index contributed by atoms with van der Waals surface area (Å²) in [6.07, 6.45) is 5.60. The molecule has 0 aliphatic rings. The Bertz CT molecular complexity index is 727. The van der Waals surface area contributed by atoms with Gasteiger partial charge >= 0.3 is 0 Å². The van der Waals surface area contributed by atoms with Crippen molar-refractivity contribution in [3.8, 4) is 0 Å². The van der Waals surface area contributed by atoms with E-state index in [2.05, 4.69) is 31.2 Å². The summed E-state index contributed by atoms with van der Waals surface area (Å²) in [6.45, 7) is 4.13. The molecule has 2 aromatic rings. The largest absolute Gasteiger partial charge is 0.394 e. The molecule has 1 heterocycles. The maximum Gasteiger partial charge on any atom is 0.179 e. The summed E-state index contributed by atoms with van der Waals surface area (Å²) >= 11 is 0. The van der Waals surface area contributed by atoms with E-state index in [1.165, 1.54) is 11.1 Å². The van der Waals surface area contributed by atoms with E-state index in [4.69, 9.17) is 5.73 Å². The van der Waals surface area contributed by atoms with Gasteiger partial charge in [-0.25, -0.2) is 0 Å². The monoisotopic (exact) mass is 370 g/mol. The zero-order valence-electron chi connectivity index (χ0n) is 17.0. The van der Waals surface area contributed by atoms with Crippen molar-refractivity contribution < 1.29 is 9.90 Å². The number of nitrogens with zero attached hydrogens (tertiary/aromatic N) is 1. The molecule has 0 aliphatic heterocycles. The fourth-order valence-corrected chi connectivity index (χ4v) is 3.35. The first kappa shape index (κ1) is 21.4. The lowest BCUT2D eigenvalue weighted by atomic mass is 9.92. The molecular formula is C23H34N2O2. The highest BCUT2D eigenvalue weighted by molar-refractivity contribution is 5.94. The average molecular weight is 371 g/mol. The zero-order valence-corrected chi connectivity index (χ0v) is 17.0. The molecule has 2 rings (SSSR count). The Morgan fingerprint density at radius 3 is 2.33 bits per heavy atom. The van der Waals surface area contributed by atoms with Gasteiger partial charge in [0.05, 0.1) is 12.3 Å². The average Bonchev–Trinajstić information content (AvgIpc) is 3.07. The minimum absolute atomic E-state index is 0.0149. The third kappa shape index (κ3) is 5.78. The Morgan fingerprint density at radius 2 is 1.74 bits per heavy atom. The van der Waals surface area contributed by atoms with Gasteiger partial charge in [0.15, 0.2) is 5.78 Å². The van der Waals surface area contributed by atoms with Crippen LogP contribution in [0.4, 0.5) is 0 Å². The highest BCUT2D eigenvalue weighted by Gasteiger charge is 2.22. The van der Waals surface area contributed by atoms with Crippen molar-refractivity contribution in [2.45, 2.75) is 64.3 Å². The second-order valence-corrected chi connectivity index (χ2v) is 7.59. The molecule has 0 spiro atoms. The summed E-state index contributed by atoms with van der Waals surface area (Å²) in [7, 11) is 1.94. The lowest BCUT2D eigenvalue weighted by Crippen LogP contribution is -2.43. The van der Waals surface area contributed by atoms with Gasteiger partial charge in [0.1, 0.15) is 0 Å². The first-order valence-electron chi connectivity index (χ1n) is 10.1. The van der Waals surface area contributed by atoms with Crippen molar-refractivity contribution in [2.24, 2.45) is 12.8 Å². The number of hydrogen-bond donors (Lipinski definition) is 2. The van der Waals surface area contributed by atoms with Crippen molar-refractivity contribution in [3.05, 3.63) is 58.9 Å². The van der Waals surface area contributed by atoms with Gasteiger partial charge in [-0.2, -0.15) is 0 Å². The lowest BCUT2D eigenvalue weighted by molar-refractivity contribution is 0.0972. The summed E-state index contributed by atoms with van der Waals surface area (Å²) in [4.78, 5) is 12.6. The van der Waals surface area contributed by atoms with Gasteiger partial charge in [-0.3, -0.25) is 4.79 Å². The standard InChI is InChI=1S/C23H34N2O2/c1-4-18-9-11-19(12-10-18)7-6-8-22(27)21-14-13-20(25(21)3)15-16-23(24,5-2)17-26/h9-14,26H,4-8,15-17,24H2,1-3H3. The molecule has 3 N–H and O–H groups in total. The highest BCUT2D eigenvalue weighted by atomic mass is 16.3. The maximum absolute atomic E-state index is 12.6. The summed E-state index contributed by atoms with van der Waals surface area (Å²) in [6, 6.07) is 12.6. The van der Waals surface area contributed by atoms with Crippen molar-refractivity contribution in [3.63, 3.8) is 0 Å². The fourth-order valence-electron chi connectivity index (χ4n) is 3.35. The number of carbonyl (C=O) groups is 1. The highest BCUT2D eigenvalue weighted by Crippen LogP contribution is 2.18. The number of benzene rings is 1. The molecule has 0 amide bonds. The quantitative estimate of drug-likeness (QED) is 0.591. The van der Waals surface area contributed by atoms with Gasteiger partial charge in [-0.05, 0) is 61.8 Å². The van der Waals surface area contributed by atoms with Gasteiger partial charge in [-0.1, -0.05) is 38.1 Å². The van der Waals surface area contributed by atoms with Crippen LogP contribution in [0.2, 0.25) is 0 Å². The Balaban J connectivity index is 1.88. The molecule has 0 radical (unpaired) electrons. The molecule has 148 valence electrons. The normalized spacial score (nSPS) is 13.5. The molecule has 1 aromatic heterocycles. The number of aromatic nitrogens is 1. The third-order valence-corrected chi connectivity index (χ3v) is 5.71. The van der Waals surface area contributed by atoms with Crippen LogP contribution in [-0.4, -0.2) is 27.6 Å². The number of ketones is 1. The Kier molecular flexibility index (Phi) is 7.81. The van der Waals surface area contributed by atoms with Crippen LogP contribution < -0.4 is 5.73 Å². The third-order valence-electron chi connectivity index (χ3n) is 5.71. The summed E-state index contributed by atoms with van der Waals surface area (Å²) < 4.78 is 1.98. The summed E-state index contributed by atoms with van der Waals surface area (Å²) in [5.41, 5.74) is 10.1. The predicted molar refractivity (Wildman–Crippen MR) is 111 cm³/mol. The molecule has 4 heteroatoms. The van der Waals surface area contributed by atoms with E-state index in [0.29, 0.717) is 12.8 Å². The number of nitrogens with two attached hydrogens (primary N) is 1. The molecule has 0 saturated carbocycles. The molecule has 0 bridgehead atoms. The van der Waals surface area contributed by atoms with Gasteiger partial charge in [0.2, 0.25) is 0 Å². The summed E-state index contributed by atoms with van der Waals surface area (Å²) in [5, 5.41) is 9.46. The van der Waals surface area contributed by atoms with E-state index in [1.54, 1.807) is 0 Å². The van der Waals surface area contributed by atoms with Gasteiger partial charge < -0.3 is 15.4 Å². The number of rotatable bonds is 11. The minimum atomic E-state index is -0.540. The van der Waals surface area contributed by atoms with E-state index in [1.807, 2.05) is 30.7 Å². The Hall–Kier alpha value is -1.91. The fraction of sp³-hybridized carbons (Fsp3) is 0.522. The molecule has 0 aliphatic carbocycles. The van der Waals surface area contributed by atoms with Crippen LogP contribution >= 0.6 is 0 Å². The molecule has 1 atom stereocenters. The Morgan fingerprint density at radius 1 is 1.07 bits per heavy atom. The number of carbonyl (C=O) groups excluding carboxylic acids is 1. The predicted octanol–water partition coefficient (Wildman–Crippen LogP) is 3.83. The molecule has 4 nitrogen and oxygen atoms in total. The van der Waals surface area contributed by atoms with Crippen LogP contribution in [0.3, 0.4) is 0 Å². The molecule has 1 unspecified atom stereocenters. The van der Waals surface area contributed by atoms with Crippen molar-refractivity contribution in [1.29, 1.82) is 0 Å². The number of aryl methyl sites for hydroxylation is 3. The van der Waals surface area contributed by atoms with Gasteiger partial charge in [0.25, 0.3) is 0 Å². The zero-order chi connectivity index (χ0) is 19.9. The van der Waals surface area contributed by atoms with Crippen LogP contribution in [-0.2, 0) is 26.3 Å². The molecule has 27 heavy (non-hydrogen) atoms. The van der Waals surface area contributed by atoms with Crippen LogP contribution in [0, 0.1) is 0 Å². The van der Waals surface area contributed by atoms with E-state index < -0.39 is 5.54 Å². The van der Waals surface area contributed by atoms with Crippen LogP contribution in [0.25, 0.3) is 0 Å². The Labute approximate surface area is 163 Å². The molecule has 0 saturated heterocycles. The van der Waals surface area contributed by atoms with Gasteiger partial charge in [0, 0.05) is 24.7 Å². The first-order chi connectivity index (χ1) is 12.9. The number of Topliss-reactive ketones (excluding diaryl/α,β-unsaturated/α-hetero) is 1. The summed E-state index contributed by atoms with van der Waals surface area (Å²) in [5.74, 6) is 0.186. The van der Waals surface area contributed by atoms with E-state index in [9.17, 15) is 9.90 Å². The topological polar surface area (TPSA) is 68.2 Å². The molecule has 0 fully saturated rings. The number of hydrogen-bond acceptors (Lipinski definition) is 3. The number of aliphatic hydroxyl groups is 1. The van der Waals surface area contributed by atoms with E-state index in [0.717, 1.165) is 43.5 Å². The van der Waals surface area contributed by atoms with Crippen LogP contribution in [0.15, 0.2) is 36.4 Å². The molecule has 1 aromatic carbocycles. The SMILES string of the molecule is CCc1ccc(CCCC(=O)c2ccc(CCC(N)(CC)CO)n2C)cc1. The van der Waals surface area contributed by atoms with Gasteiger partial charge in [-0.15, -0.1) is 0 Å². The smallest absolute Gasteiger partial charge is 0.179 e. The van der Waals surface area contributed by atoms with Crippen LogP contribution in [0.1, 0.15) is 66.8 Å². The van der Waals surface area contributed by atoms with E-state index >= 15 is 0 Å². The van der Waals surface area contributed by atoms with E-state index in [-0.39, 0.29) is 12.4 Å². The second-order valence-electron chi connectivity index (χ2n) is 7.59. The van der Waals surface area contributed by atoms with Crippen LogP contribution in [0.5, 0.6) is 0 Å². The maximum atomic E-state index is 12.6. The number of aliphatic hydroxyl groups excluding tert-OH is 1. The molecular weight excluding hydrogens is 336 g/mol. The second kappa shape index (κ2) is 9.86. The first-order valence-corrected chi connectivity index (χ1v) is 10.1. The lowest BCUT2D eigenvalue weighted by Gasteiger charge is -2.25. The van der Waals surface area contributed by atoms with Crippen molar-refractivity contribution in [1.82, 2.24) is 4.57 Å².